The summed E-state index contributed by atoms with van der Waals surface area (Å²) in [4.78, 5) is 14.6. The second kappa shape index (κ2) is 9.43. The maximum absolute atomic E-state index is 12.7. The molecule has 0 bridgehead atoms. The minimum atomic E-state index is -0.510. The first-order valence-corrected chi connectivity index (χ1v) is 8.82. The fraction of sp³-hybridized carbons (Fsp3) is 0.143. The van der Waals surface area contributed by atoms with Gasteiger partial charge in [0, 0.05) is 25.3 Å². The summed E-state index contributed by atoms with van der Waals surface area (Å²) in [7, 11) is 1.61. The molecule has 3 rings (SSSR count). The molecule has 8 nitrogen and oxygen atoms in total. The molecule has 1 heterocycles. The van der Waals surface area contributed by atoms with E-state index in [1.807, 2.05) is 24.3 Å². The highest BCUT2D eigenvalue weighted by Crippen LogP contribution is 2.20. The topological polar surface area (TPSA) is 101 Å². The van der Waals surface area contributed by atoms with Gasteiger partial charge in [-0.05, 0) is 34.8 Å². The molecular formula is C21H19N3O5. The van der Waals surface area contributed by atoms with E-state index >= 15 is 0 Å². The van der Waals surface area contributed by atoms with Crippen molar-refractivity contribution in [3.8, 4) is 17.1 Å². The van der Waals surface area contributed by atoms with E-state index < -0.39 is 4.92 Å². The Labute approximate surface area is 167 Å². The molecule has 0 aliphatic heterocycles. The van der Waals surface area contributed by atoms with E-state index in [4.69, 9.17) is 9.47 Å². The Morgan fingerprint density at radius 3 is 2.72 bits per heavy atom. The number of rotatable bonds is 8. The van der Waals surface area contributed by atoms with Gasteiger partial charge < -0.3 is 14.7 Å². The quantitative estimate of drug-likeness (QED) is 0.191. The van der Waals surface area contributed by atoms with Gasteiger partial charge in [-0.3, -0.25) is 10.1 Å². The van der Waals surface area contributed by atoms with Gasteiger partial charge in [0.1, 0.15) is 24.2 Å². The van der Waals surface area contributed by atoms with Crippen LogP contribution in [0.2, 0.25) is 0 Å². The van der Waals surface area contributed by atoms with Crippen molar-refractivity contribution in [2.75, 3.05) is 20.3 Å². The van der Waals surface area contributed by atoms with E-state index in [1.54, 1.807) is 31.4 Å². The van der Waals surface area contributed by atoms with Crippen molar-refractivity contribution in [1.29, 1.82) is 0 Å². The predicted octanol–water partition coefficient (Wildman–Crippen LogP) is 3.49. The average Bonchev–Trinajstić information content (AvgIpc) is 2.73. The van der Waals surface area contributed by atoms with Crippen molar-refractivity contribution in [2.24, 2.45) is 0 Å². The molecule has 0 atom stereocenters. The number of benzene rings is 2. The van der Waals surface area contributed by atoms with Crippen LogP contribution in [0.15, 0.2) is 60.8 Å². The summed E-state index contributed by atoms with van der Waals surface area (Å²) in [6.45, 7) is 0.939. The van der Waals surface area contributed by atoms with Crippen LogP contribution in [0.5, 0.6) is 5.75 Å². The minimum absolute atomic E-state index is 0.0903. The Balaban J connectivity index is 1.84. The highest BCUT2D eigenvalue weighted by Gasteiger charge is 2.16. The lowest BCUT2D eigenvalue weighted by atomic mass is 10.1. The van der Waals surface area contributed by atoms with Crippen molar-refractivity contribution in [2.45, 2.75) is 0 Å². The second-order valence-corrected chi connectivity index (χ2v) is 6.04. The molecule has 0 aliphatic carbocycles. The Hall–Kier alpha value is -3.78. The van der Waals surface area contributed by atoms with Crippen LogP contribution < -0.4 is 9.47 Å². The van der Waals surface area contributed by atoms with E-state index in [0.29, 0.717) is 35.0 Å². The Morgan fingerprint density at radius 2 is 1.93 bits per heavy atom. The highest BCUT2D eigenvalue weighted by atomic mass is 16.6. The largest absolute Gasteiger partial charge is 0.710 e. The Bertz CT molecular complexity index is 1040. The second-order valence-electron chi connectivity index (χ2n) is 6.04. The van der Waals surface area contributed by atoms with Gasteiger partial charge in [0.05, 0.1) is 17.1 Å². The molecule has 1 aromatic heterocycles. The van der Waals surface area contributed by atoms with Crippen LogP contribution in [0.25, 0.3) is 23.5 Å². The molecule has 29 heavy (non-hydrogen) atoms. The molecule has 3 aromatic rings. The van der Waals surface area contributed by atoms with Gasteiger partial charge in [-0.2, -0.15) is 0 Å². The monoisotopic (exact) mass is 393 g/mol. The molecule has 8 heteroatoms. The molecule has 2 aromatic carbocycles. The van der Waals surface area contributed by atoms with Crippen molar-refractivity contribution >= 4 is 17.8 Å². The number of nitro groups is 1. The highest BCUT2D eigenvalue weighted by molar-refractivity contribution is 5.68. The number of nitrogens with zero attached hydrogens (tertiary/aromatic N) is 3. The van der Waals surface area contributed by atoms with Crippen LogP contribution >= 0.6 is 0 Å². The Kier molecular flexibility index (Phi) is 6.49. The van der Waals surface area contributed by atoms with Crippen LogP contribution in [0.1, 0.15) is 11.3 Å². The van der Waals surface area contributed by atoms with Crippen LogP contribution in [0.3, 0.4) is 0 Å². The lowest BCUT2D eigenvalue weighted by Gasteiger charge is -2.09. The number of non-ortho nitro benzene ring substituents is 1. The standard InChI is InChI=1S/C21H19N3O5/c1-28-12-13-29-20-7-2-4-16(14-20)8-9-18-10-11-22-21(23(18)25)17-5-3-6-19(15-17)24(26)27/h2-11,14-15H,12-13H2,1H3/b9-8+. The normalized spacial score (nSPS) is 10.9. The molecule has 0 fully saturated rings. The third kappa shape index (κ3) is 5.14. The van der Waals surface area contributed by atoms with Crippen LogP contribution in [0, 0.1) is 15.3 Å². The minimum Gasteiger partial charge on any atom is -0.710 e. The van der Waals surface area contributed by atoms with Crippen molar-refractivity contribution in [3.05, 3.63) is 87.4 Å². The fourth-order valence-electron chi connectivity index (χ4n) is 2.63. The molecule has 0 radical (unpaired) electrons. The zero-order valence-electron chi connectivity index (χ0n) is 15.7. The molecular weight excluding hydrogens is 374 g/mol. The molecule has 0 amide bonds. The number of hydrogen-bond donors (Lipinski definition) is 0. The summed E-state index contributed by atoms with van der Waals surface area (Å²) in [6.07, 6.45) is 4.93. The van der Waals surface area contributed by atoms with E-state index in [0.717, 1.165) is 5.56 Å². The van der Waals surface area contributed by atoms with Gasteiger partial charge >= 0.3 is 5.82 Å². The van der Waals surface area contributed by atoms with E-state index in [-0.39, 0.29) is 11.5 Å². The molecule has 148 valence electrons. The van der Waals surface area contributed by atoms with Gasteiger partial charge in [0.25, 0.3) is 5.69 Å². The average molecular weight is 393 g/mol. The van der Waals surface area contributed by atoms with Crippen molar-refractivity contribution < 1.29 is 19.1 Å². The number of nitro benzene ring substituents is 1. The first kappa shape index (κ1) is 20.0. The zero-order chi connectivity index (χ0) is 20.6. The third-order valence-electron chi connectivity index (χ3n) is 4.04. The zero-order valence-corrected chi connectivity index (χ0v) is 15.7. The third-order valence-corrected chi connectivity index (χ3v) is 4.04. The number of ether oxygens (including phenoxy) is 2. The number of methoxy groups -OCH3 is 1. The molecule has 0 unspecified atom stereocenters. The smallest absolute Gasteiger partial charge is 0.333 e. The van der Waals surface area contributed by atoms with Gasteiger partial charge in [-0.25, -0.2) is 4.73 Å². The van der Waals surface area contributed by atoms with Crippen LogP contribution in [-0.4, -0.2) is 30.2 Å². The fourth-order valence-corrected chi connectivity index (χ4v) is 2.63. The van der Waals surface area contributed by atoms with Gasteiger partial charge in [0.2, 0.25) is 0 Å². The Morgan fingerprint density at radius 1 is 1.10 bits per heavy atom. The van der Waals surface area contributed by atoms with Gasteiger partial charge in [-0.1, -0.05) is 24.3 Å². The first-order chi connectivity index (χ1) is 14.1. The summed E-state index contributed by atoms with van der Waals surface area (Å²) in [5.74, 6) is 0.790. The summed E-state index contributed by atoms with van der Waals surface area (Å²) >= 11 is 0. The van der Waals surface area contributed by atoms with Crippen molar-refractivity contribution in [3.63, 3.8) is 0 Å². The summed E-state index contributed by atoms with van der Waals surface area (Å²) in [5, 5.41) is 23.7. The van der Waals surface area contributed by atoms with E-state index in [9.17, 15) is 15.3 Å². The van der Waals surface area contributed by atoms with Gasteiger partial charge in [0.15, 0.2) is 0 Å². The lowest BCUT2D eigenvalue weighted by Crippen LogP contribution is -2.33. The summed E-state index contributed by atoms with van der Waals surface area (Å²) in [5.41, 5.74) is 1.48. The molecule has 0 aliphatic rings. The van der Waals surface area contributed by atoms with Crippen LogP contribution in [0.4, 0.5) is 5.69 Å². The van der Waals surface area contributed by atoms with Crippen molar-refractivity contribution in [1.82, 2.24) is 4.98 Å². The number of aromatic nitrogens is 2. The molecule has 0 spiro atoms. The SMILES string of the molecule is COCCOc1cccc(/C=C/c2ccnc(-c3cccc([N+](=O)[O-])c3)[n+]2[O-])c1. The van der Waals surface area contributed by atoms with E-state index in [1.165, 1.54) is 24.4 Å². The lowest BCUT2D eigenvalue weighted by molar-refractivity contribution is -0.598. The summed E-state index contributed by atoms with van der Waals surface area (Å²) < 4.78 is 11.2. The van der Waals surface area contributed by atoms with E-state index in [2.05, 4.69) is 4.98 Å². The molecule has 0 saturated heterocycles. The molecule has 0 N–H and O–H groups in total. The van der Waals surface area contributed by atoms with Crippen LogP contribution in [-0.2, 0) is 4.74 Å². The predicted molar refractivity (Wildman–Crippen MR) is 108 cm³/mol. The maximum atomic E-state index is 12.7. The van der Waals surface area contributed by atoms with Gasteiger partial charge in [-0.15, -0.1) is 0 Å². The molecule has 0 saturated carbocycles. The summed E-state index contributed by atoms with van der Waals surface area (Å²) in [6, 6.07) is 14.8. The number of hydrogen-bond acceptors (Lipinski definition) is 6. The maximum Gasteiger partial charge on any atom is 0.333 e. The first-order valence-electron chi connectivity index (χ1n) is 8.82.